The van der Waals surface area contributed by atoms with E-state index in [9.17, 15) is 13.6 Å². The van der Waals surface area contributed by atoms with Crippen LogP contribution < -0.4 is 10.7 Å². The molecule has 0 saturated carbocycles. The van der Waals surface area contributed by atoms with E-state index < -0.39 is 5.91 Å². The van der Waals surface area contributed by atoms with Crippen LogP contribution >= 0.6 is 0 Å². The lowest BCUT2D eigenvalue weighted by molar-refractivity contribution is 0.0994. The summed E-state index contributed by atoms with van der Waals surface area (Å²) in [6.07, 6.45) is 2.30. The average Bonchev–Trinajstić information content (AvgIpc) is 3.07. The first kappa shape index (κ1) is 18.9. The van der Waals surface area contributed by atoms with Crippen LogP contribution in [-0.2, 0) is 6.42 Å². The third-order valence-electron chi connectivity index (χ3n) is 4.80. The monoisotopic (exact) mass is 395 g/mol. The van der Waals surface area contributed by atoms with Crippen molar-refractivity contribution in [3.63, 3.8) is 0 Å². The zero-order valence-electron chi connectivity index (χ0n) is 15.8. The molecule has 0 aliphatic heterocycles. The second-order valence-electron chi connectivity index (χ2n) is 6.85. The van der Waals surface area contributed by atoms with Crippen LogP contribution in [0.2, 0.25) is 0 Å². The molecule has 2 aromatic carbocycles. The highest BCUT2D eigenvalue weighted by Crippen LogP contribution is 2.30. The fraction of sp³-hybridized carbons (Fsp3) is 0.182. The largest absolute Gasteiger partial charge is 0.455 e. The van der Waals surface area contributed by atoms with Gasteiger partial charge in [0.15, 0.2) is 5.76 Å². The molecule has 2 N–H and O–H groups in total. The molecule has 3 aromatic rings. The minimum Gasteiger partial charge on any atom is -0.455 e. The van der Waals surface area contributed by atoms with E-state index in [1.165, 1.54) is 36.4 Å². The topological polar surface area (TPSA) is 66.6 Å². The molecule has 1 aliphatic carbocycles. The Hall–Kier alpha value is -3.48. The molecule has 1 aromatic heterocycles. The molecule has 148 valence electrons. The van der Waals surface area contributed by atoms with Gasteiger partial charge >= 0.3 is 0 Å². The van der Waals surface area contributed by atoms with Gasteiger partial charge in [0.1, 0.15) is 17.4 Å². The maximum absolute atomic E-state index is 13.1. The summed E-state index contributed by atoms with van der Waals surface area (Å²) in [5.41, 5.74) is 6.41. The van der Waals surface area contributed by atoms with Gasteiger partial charge in [-0.2, -0.15) is 5.10 Å². The number of nitrogens with one attached hydrogen (secondary N) is 2. The van der Waals surface area contributed by atoms with E-state index >= 15 is 0 Å². The lowest BCUT2D eigenvalue weighted by atomic mass is 9.93. The third kappa shape index (κ3) is 4.03. The van der Waals surface area contributed by atoms with Crippen molar-refractivity contribution in [3.05, 3.63) is 82.8 Å². The van der Waals surface area contributed by atoms with Gasteiger partial charge in [0.25, 0.3) is 5.91 Å². The van der Waals surface area contributed by atoms with Crippen molar-refractivity contribution in [1.29, 1.82) is 0 Å². The van der Waals surface area contributed by atoms with Crippen LogP contribution in [0.4, 0.5) is 20.2 Å². The molecular weight excluding hydrogens is 376 g/mol. The van der Waals surface area contributed by atoms with E-state index in [2.05, 4.69) is 15.8 Å². The van der Waals surface area contributed by atoms with Gasteiger partial charge in [-0.05, 0) is 68.3 Å². The van der Waals surface area contributed by atoms with Gasteiger partial charge in [-0.25, -0.2) is 8.78 Å². The molecule has 0 radical (unpaired) electrons. The molecule has 0 atom stereocenters. The number of hydrazone groups is 1. The Morgan fingerprint density at radius 1 is 0.966 bits per heavy atom. The van der Waals surface area contributed by atoms with Gasteiger partial charge in [-0.3, -0.25) is 10.2 Å². The number of anilines is 2. The second kappa shape index (κ2) is 7.87. The van der Waals surface area contributed by atoms with Crippen molar-refractivity contribution in [2.45, 2.75) is 26.2 Å². The molecule has 0 fully saturated rings. The number of rotatable bonds is 4. The Labute approximate surface area is 166 Å². The van der Waals surface area contributed by atoms with Gasteiger partial charge in [-0.1, -0.05) is 0 Å². The summed E-state index contributed by atoms with van der Waals surface area (Å²) < 4.78 is 32.0. The minimum atomic E-state index is -0.394. The first-order valence-electron chi connectivity index (χ1n) is 9.29. The van der Waals surface area contributed by atoms with Crippen LogP contribution in [0.3, 0.4) is 0 Å². The number of carbonyl (C=O) groups is 1. The molecule has 1 aliphatic rings. The number of nitrogens with zero attached hydrogens (tertiary/aromatic N) is 1. The van der Waals surface area contributed by atoms with Crippen molar-refractivity contribution in [3.8, 4) is 0 Å². The van der Waals surface area contributed by atoms with E-state index in [0.29, 0.717) is 16.9 Å². The van der Waals surface area contributed by atoms with Crippen LogP contribution in [-0.4, -0.2) is 11.6 Å². The lowest BCUT2D eigenvalue weighted by Crippen LogP contribution is -2.14. The minimum absolute atomic E-state index is 0.218. The maximum atomic E-state index is 13.1. The number of hydrogen-bond donors (Lipinski definition) is 2. The van der Waals surface area contributed by atoms with Gasteiger partial charge in [0.2, 0.25) is 0 Å². The van der Waals surface area contributed by atoms with Crippen molar-refractivity contribution in [2.24, 2.45) is 5.10 Å². The Bertz CT molecular complexity index is 1070. The summed E-state index contributed by atoms with van der Waals surface area (Å²) >= 11 is 0. The second-order valence-corrected chi connectivity index (χ2v) is 6.85. The van der Waals surface area contributed by atoms with Gasteiger partial charge in [-0.15, -0.1) is 0 Å². The number of hydrogen-bond acceptors (Lipinski definition) is 4. The van der Waals surface area contributed by atoms with E-state index in [0.717, 1.165) is 36.3 Å². The highest BCUT2D eigenvalue weighted by molar-refractivity contribution is 6.09. The number of carbonyl (C=O) groups excluding carboxylic acids is 1. The van der Waals surface area contributed by atoms with E-state index in [1.54, 1.807) is 12.1 Å². The number of halogens is 2. The zero-order chi connectivity index (χ0) is 20.4. The van der Waals surface area contributed by atoms with Crippen LogP contribution in [0.5, 0.6) is 0 Å². The number of benzene rings is 2. The van der Waals surface area contributed by atoms with Crippen LogP contribution in [0.1, 0.15) is 40.3 Å². The quantitative estimate of drug-likeness (QED) is 0.592. The molecular formula is C22H19F2N3O2. The van der Waals surface area contributed by atoms with Crippen LogP contribution in [0.15, 0.2) is 58.0 Å². The van der Waals surface area contributed by atoms with E-state index in [1.807, 2.05) is 6.92 Å². The van der Waals surface area contributed by atoms with Crippen LogP contribution in [0, 0.1) is 18.6 Å². The van der Waals surface area contributed by atoms with Crippen molar-refractivity contribution in [1.82, 2.24) is 0 Å². The predicted octanol–water partition coefficient (Wildman–Crippen LogP) is 5.27. The Balaban J connectivity index is 1.58. The van der Waals surface area contributed by atoms with Gasteiger partial charge in [0, 0.05) is 23.2 Å². The van der Waals surface area contributed by atoms with Crippen molar-refractivity contribution >= 4 is 23.0 Å². The molecule has 29 heavy (non-hydrogen) atoms. The molecule has 4 rings (SSSR count). The summed E-state index contributed by atoms with van der Waals surface area (Å²) in [6, 6.07) is 11.5. The molecule has 0 unspecified atom stereocenters. The fourth-order valence-electron chi connectivity index (χ4n) is 3.37. The Morgan fingerprint density at radius 2 is 1.59 bits per heavy atom. The smallest absolute Gasteiger partial charge is 0.291 e. The molecule has 0 bridgehead atoms. The number of furan rings is 1. The standard InChI is InChI=1S/C22H19F2N3O2/c1-13-20-18(27-26-17-11-7-15(24)8-12-17)3-2-4-19(20)29-21(13)22(28)25-16-9-5-14(23)6-10-16/h5-12,26H,2-4H2,1H3,(H,25,28)/b27-18+. The maximum Gasteiger partial charge on any atom is 0.291 e. The summed E-state index contributed by atoms with van der Waals surface area (Å²) in [6.45, 7) is 1.82. The molecule has 1 amide bonds. The first-order valence-corrected chi connectivity index (χ1v) is 9.29. The Kier molecular flexibility index (Phi) is 5.12. The highest BCUT2D eigenvalue weighted by atomic mass is 19.1. The van der Waals surface area contributed by atoms with E-state index in [-0.39, 0.29) is 17.4 Å². The average molecular weight is 395 g/mol. The predicted molar refractivity (Wildman–Crippen MR) is 107 cm³/mol. The van der Waals surface area contributed by atoms with Gasteiger partial charge < -0.3 is 9.73 Å². The third-order valence-corrected chi connectivity index (χ3v) is 4.80. The zero-order valence-corrected chi connectivity index (χ0v) is 15.8. The Morgan fingerprint density at radius 3 is 2.24 bits per heavy atom. The molecule has 1 heterocycles. The molecule has 0 spiro atoms. The summed E-state index contributed by atoms with van der Waals surface area (Å²) in [4.78, 5) is 12.7. The van der Waals surface area contributed by atoms with Crippen molar-refractivity contribution < 1.29 is 18.0 Å². The SMILES string of the molecule is Cc1c(C(=O)Nc2ccc(F)cc2)oc2c1/C(=N/Nc1ccc(F)cc1)CCC2. The number of aryl methyl sites for hydroxylation is 1. The van der Waals surface area contributed by atoms with Crippen molar-refractivity contribution in [2.75, 3.05) is 10.7 Å². The van der Waals surface area contributed by atoms with Gasteiger partial charge in [0.05, 0.1) is 11.4 Å². The number of amides is 1. The molecule has 0 saturated heterocycles. The summed E-state index contributed by atoms with van der Waals surface area (Å²) in [5, 5.41) is 7.19. The summed E-state index contributed by atoms with van der Waals surface area (Å²) in [5.74, 6) is -0.143. The molecule has 5 nitrogen and oxygen atoms in total. The van der Waals surface area contributed by atoms with Crippen LogP contribution in [0.25, 0.3) is 0 Å². The summed E-state index contributed by atoms with van der Waals surface area (Å²) in [7, 11) is 0. The normalized spacial score (nSPS) is 14.5. The highest BCUT2D eigenvalue weighted by Gasteiger charge is 2.28. The fourth-order valence-corrected chi connectivity index (χ4v) is 3.37. The lowest BCUT2D eigenvalue weighted by Gasteiger charge is -2.13. The molecule has 7 heteroatoms. The number of fused-ring (bicyclic) bond motifs is 1. The first-order chi connectivity index (χ1) is 14.0. The van der Waals surface area contributed by atoms with E-state index in [4.69, 9.17) is 4.42 Å².